The summed E-state index contributed by atoms with van der Waals surface area (Å²) in [5, 5.41) is 18.4. The predicted octanol–water partition coefficient (Wildman–Crippen LogP) is 2.45. The summed E-state index contributed by atoms with van der Waals surface area (Å²) in [5.41, 5.74) is 0.775. The van der Waals surface area contributed by atoms with Crippen LogP contribution in [0.1, 0.15) is 17.5 Å². The van der Waals surface area contributed by atoms with Gasteiger partial charge in [-0.1, -0.05) is 42.5 Å². The van der Waals surface area contributed by atoms with Crippen molar-refractivity contribution in [2.75, 3.05) is 13.7 Å². The van der Waals surface area contributed by atoms with E-state index in [-0.39, 0.29) is 0 Å². The molecule has 0 unspecified atom stereocenters. The number of hydrogen-bond donors (Lipinski definition) is 1. The quantitative estimate of drug-likeness (QED) is 0.722. The second kappa shape index (κ2) is 7.61. The first-order valence-corrected chi connectivity index (χ1v) is 7.66. The molecule has 2 aromatic carbocycles. The van der Waals surface area contributed by atoms with Crippen LogP contribution in [0.15, 0.2) is 60.9 Å². The van der Waals surface area contributed by atoms with Crippen molar-refractivity contribution in [3.63, 3.8) is 0 Å². The minimum atomic E-state index is -0.819. The van der Waals surface area contributed by atoms with Crippen molar-refractivity contribution < 1.29 is 14.6 Å². The zero-order chi connectivity index (χ0) is 16.8. The number of aliphatic hydroxyl groups is 1. The van der Waals surface area contributed by atoms with Gasteiger partial charge in [-0.3, -0.25) is 0 Å². The minimum Gasteiger partial charge on any atom is -0.493 e. The zero-order valence-electron chi connectivity index (χ0n) is 13.4. The van der Waals surface area contributed by atoms with E-state index in [1.807, 2.05) is 54.6 Å². The van der Waals surface area contributed by atoms with E-state index < -0.39 is 6.10 Å². The minimum absolute atomic E-state index is 0.410. The molecule has 0 saturated heterocycles. The molecule has 1 aromatic heterocycles. The van der Waals surface area contributed by atoms with E-state index in [1.54, 1.807) is 18.0 Å². The summed E-state index contributed by atoms with van der Waals surface area (Å²) in [6.07, 6.45) is 0.771. The van der Waals surface area contributed by atoms with Crippen molar-refractivity contribution in [1.29, 1.82) is 0 Å². The highest BCUT2D eigenvalue weighted by atomic mass is 16.5. The number of benzene rings is 2. The lowest BCUT2D eigenvalue weighted by Crippen LogP contribution is -2.14. The summed E-state index contributed by atoms with van der Waals surface area (Å²) in [4.78, 5) is 0. The lowest BCUT2D eigenvalue weighted by atomic mass is 10.1. The highest BCUT2D eigenvalue weighted by Gasteiger charge is 2.17. The van der Waals surface area contributed by atoms with E-state index in [9.17, 15) is 5.11 Å². The van der Waals surface area contributed by atoms with Crippen LogP contribution < -0.4 is 9.47 Å². The number of rotatable bonds is 7. The molecule has 6 nitrogen and oxygen atoms in total. The Kier molecular flexibility index (Phi) is 5.08. The van der Waals surface area contributed by atoms with Crippen LogP contribution in [0.4, 0.5) is 0 Å². The third-order valence-electron chi connectivity index (χ3n) is 3.66. The second-order valence-electron chi connectivity index (χ2n) is 5.20. The van der Waals surface area contributed by atoms with Gasteiger partial charge in [0.05, 0.1) is 13.7 Å². The monoisotopic (exact) mass is 325 g/mol. The van der Waals surface area contributed by atoms with E-state index in [0.717, 1.165) is 5.56 Å². The number of ether oxygens (including phenoxy) is 2. The maximum absolute atomic E-state index is 10.5. The van der Waals surface area contributed by atoms with Crippen molar-refractivity contribution in [3.05, 3.63) is 72.3 Å². The van der Waals surface area contributed by atoms with Gasteiger partial charge in [-0.05, 0) is 17.7 Å². The average Bonchev–Trinajstić information content (AvgIpc) is 3.10. The average molecular weight is 325 g/mol. The summed E-state index contributed by atoms with van der Waals surface area (Å²) < 4.78 is 12.8. The van der Waals surface area contributed by atoms with Gasteiger partial charge >= 0.3 is 0 Å². The van der Waals surface area contributed by atoms with Gasteiger partial charge in [0.2, 0.25) is 0 Å². The van der Waals surface area contributed by atoms with Crippen LogP contribution in [0.25, 0.3) is 0 Å². The van der Waals surface area contributed by atoms with Crippen LogP contribution in [0.2, 0.25) is 0 Å². The normalized spacial score (nSPS) is 11.9. The molecular weight excluding hydrogens is 306 g/mol. The van der Waals surface area contributed by atoms with E-state index in [1.165, 1.54) is 0 Å². The smallest absolute Gasteiger partial charge is 0.166 e. The van der Waals surface area contributed by atoms with Gasteiger partial charge in [-0.25, -0.2) is 0 Å². The van der Waals surface area contributed by atoms with Crippen LogP contribution in [-0.2, 0) is 6.54 Å². The van der Waals surface area contributed by atoms with Gasteiger partial charge in [-0.15, -0.1) is 10.2 Å². The molecule has 24 heavy (non-hydrogen) atoms. The van der Waals surface area contributed by atoms with E-state index in [2.05, 4.69) is 10.2 Å². The summed E-state index contributed by atoms with van der Waals surface area (Å²) in [5.74, 6) is 1.86. The molecule has 0 bridgehead atoms. The fourth-order valence-corrected chi connectivity index (χ4v) is 2.42. The van der Waals surface area contributed by atoms with Gasteiger partial charge in [0.1, 0.15) is 19.0 Å². The largest absolute Gasteiger partial charge is 0.493 e. The first kappa shape index (κ1) is 16.0. The summed E-state index contributed by atoms with van der Waals surface area (Å²) >= 11 is 0. The van der Waals surface area contributed by atoms with Crippen LogP contribution in [-0.4, -0.2) is 33.6 Å². The third-order valence-corrected chi connectivity index (χ3v) is 3.66. The third kappa shape index (κ3) is 3.55. The number of aromatic nitrogens is 3. The molecular formula is C18H19N3O3. The molecule has 0 aliphatic carbocycles. The first-order chi connectivity index (χ1) is 11.8. The van der Waals surface area contributed by atoms with Crippen molar-refractivity contribution in [3.8, 4) is 11.5 Å². The Morgan fingerprint density at radius 3 is 2.50 bits per heavy atom. The van der Waals surface area contributed by atoms with E-state index in [4.69, 9.17) is 9.47 Å². The van der Waals surface area contributed by atoms with Crippen molar-refractivity contribution in [1.82, 2.24) is 14.8 Å². The van der Waals surface area contributed by atoms with Crippen LogP contribution in [0.5, 0.6) is 11.5 Å². The number of aliphatic hydroxyl groups excluding tert-OH is 1. The lowest BCUT2D eigenvalue weighted by molar-refractivity contribution is 0.199. The van der Waals surface area contributed by atoms with Crippen molar-refractivity contribution >= 4 is 0 Å². The lowest BCUT2D eigenvalue weighted by Gasteiger charge is -2.14. The van der Waals surface area contributed by atoms with Crippen LogP contribution >= 0.6 is 0 Å². The predicted molar refractivity (Wildman–Crippen MR) is 89.0 cm³/mol. The molecule has 0 fully saturated rings. The fraction of sp³-hybridized carbons (Fsp3) is 0.222. The summed E-state index contributed by atoms with van der Waals surface area (Å²) in [6.45, 7) is 0.928. The standard InChI is InChI=1S/C18H19N3O3/c1-23-15-9-5-6-10-16(15)24-12-11-21-13-19-20-18(21)17(22)14-7-3-2-4-8-14/h2-10,13,17,22H,11-12H2,1H3/t17-/m1/s1. The van der Waals surface area contributed by atoms with Crippen molar-refractivity contribution in [2.45, 2.75) is 12.6 Å². The molecule has 3 aromatic rings. The molecule has 6 heteroatoms. The zero-order valence-corrected chi connectivity index (χ0v) is 13.4. The number of para-hydroxylation sites is 2. The molecule has 0 amide bonds. The number of hydrogen-bond acceptors (Lipinski definition) is 5. The van der Waals surface area contributed by atoms with Crippen LogP contribution in [0, 0.1) is 0 Å². The summed E-state index contributed by atoms with van der Waals surface area (Å²) in [7, 11) is 1.61. The van der Waals surface area contributed by atoms with Gasteiger partial charge in [0, 0.05) is 0 Å². The van der Waals surface area contributed by atoms with Crippen LogP contribution in [0.3, 0.4) is 0 Å². The molecule has 0 radical (unpaired) electrons. The Morgan fingerprint density at radius 1 is 1.04 bits per heavy atom. The highest BCUT2D eigenvalue weighted by molar-refractivity contribution is 5.39. The van der Waals surface area contributed by atoms with E-state index >= 15 is 0 Å². The molecule has 0 aliphatic rings. The number of nitrogens with zero attached hydrogens (tertiary/aromatic N) is 3. The molecule has 124 valence electrons. The Bertz CT molecular complexity index is 774. The van der Waals surface area contributed by atoms with E-state index in [0.29, 0.717) is 30.5 Å². The molecule has 1 heterocycles. The van der Waals surface area contributed by atoms with Gasteiger partial charge in [0.25, 0.3) is 0 Å². The Balaban J connectivity index is 1.66. The molecule has 1 atom stereocenters. The first-order valence-electron chi connectivity index (χ1n) is 7.66. The topological polar surface area (TPSA) is 69.4 Å². The molecule has 0 spiro atoms. The maximum atomic E-state index is 10.5. The Morgan fingerprint density at radius 2 is 1.75 bits per heavy atom. The van der Waals surface area contributed by atoms with Crippen molar-refractivity contribution in [2.24, 2.45) is 0 Å². The second-order valence-corrected chi connectivity index (χ2v) is 5.20. The molecule has 0 saturated carbocycles. The molecule has 1 N–H and O–H groups in total. The fourth-order valence-electron chi connectivity index (χ4n) is 2.42. The molecule has 0 aliphatic heterocycles. The maximum Gasteiger partial charge on any atom is 0.166 e. The highest BCUT2D eigenvalue weighted by Crippen LogP contribution is 2.26. The molecule has 3 rings (SSSR count). The van der Waals surface area contributed by atoms with Gasteiger partial charge in [-0.2, -0.15) is 0 Å². The van der Waals surface area contributed by atoms with Gasteiger partial charge < -0.3 is 19.1 Å². The summed E-state index contributed by atoms with van der Waals surface area (Å²) in [6, 6.07) is 16.9. The number of methoxy groups -OCH3 is 1. The SMILES string of the molecule is COc1ccccc1OCCn1cnnc1[C@H](O)c1ccccc1. The van der Waals surface area contributed by atoms with Gasteiger partial charge in [0.15, 0.2) is 17.3 Å². The Labute approximate surface area is 140 Å². The Hall–Kier alpha value is -2.86.